The molecule has 198 valence electrons. The summed E-state index contributed by atoms with van der Waals surface area (Å²) in [6.45, 7) is 3.60. The first-order valence-corrected chi connectivity index (χ1v) is 12.2. The summed E-state index contributed by atoms with van der Waals surface area (Å²) in [5.41, 5.74) is -1.65. The minimum absolute atomic E-state index is 0.0203. The Labute approximate surface area is 216 Å². The topological polar surface area (TPSA) is 109 Å². The molecule has 1 aliphatic rings. The van der Waals surface area contributed by atoms with Gasteiger partial charge >= 0.3 is 6.18 Å². The molecule has 0 bridgehead atoms. The van der Waals surface area contributed by atoms with Crippen LogP contribution in [0.5, 0.6) is 0 Å². The van der Waals surface area contributed by atoms with Crippen molar-refractivity contribution in [3.05, 3.63) is 52.9 Å². The molecule has 2 amide bonds. The van der Waals surface area contributed by atoms with Gasteiger partial charge in [-0.1, -0.05) is 17.7 Å². The Balaban J connectivity index is 1.40. The Hall–Kier alpha value is -3.18. The number of hydrogen-bond donors (Lipinski definition) is 3. The molecule has 3 aromatic rings. The highest BCUT2D eigenvalue weighted by Gasteiger charge is 2.33. The summed E-state index contributed by atoms with van der Waals surface area (Å²) in [7, 11) is 0. The van der Waals surface area contributed by atoms with E-state index in [-0.39, 0.29) is 35.1 Å². The van der Waals surface area contributed by atoms with Crippen LogP contribution in [0.2, 0.25) is 5.02 Å². The summed E-state index contributed by atoms with van der Waals surface area (Å²) in [4.78, 5) is 28.5. The molecule has 2 aromatic heterocycles. The van der Waals surface area contributed by atoms with Gasteiger partial charge in [0.2, 0.25) is 5.91 Å². The summed E-state index contributed by atoms with van der Waals surface area (Å²) in [6.07, 6.45) is 0.200. The zero-order chi connectivity index (χ0) is 27.0. The van der Waals surface area contributed by atoms with Gasteiger partial charge in [0.25, 0.3) is 5.91 Å². The number of halogens is 4. The third-order valence-electron chi connectivity index (χ3n) is 6.56. The molecule has 0 unspecified atom stereocenters. The van der Waals surface area contributed by atoms with E-state index in [1.807, 2.05) is 13.8 Å². The summed E-state index contributed by atoms with van der Waals surface area (Å²) < 4.78 is 40.2. The molecule has 0 radical (unpaired) electrons. The molecule has 0 spiro atoms. The van der Waals surface area contributed by atoms with E-state index < -0.39 is 29.1 Å². The molecule has 1 aromatic carbocycles. The minimum atomic E-state index is -4.68. The highest BCUT2D eigenvalue weighted by Crippen LogP contribution is 2.33. The largest absolute Gasteiger partial charge is 0.433 e. The number of alkyl halides is 3. The molecule has 12 heteroatoms. The van der Waals surface area contributed by atoms with Crippen LogP contribution in [0.4, 0.5) is 18.9 Å². The van der Waals surface area contributed by atoms with Gasteiger partial charge in [-0.2, -0.15) is 18.3 Å². The Morgan fingerprint density at radius 1 is 1.16 bits per heavy atom. The first-order valence-electron chi connectivity index (χ1n) is 11.8. The van der Waals surface area contributed by atoms with Gasteiger partial charge < -0.3 is 15.7 Å². The molecular weight excluding hydrogens is 511 g/mol. The molecule has 1 saturated carbocycles. The number of nitrogens with one attached hydrogen (secondary N) is 2. The number of aliphatic hydroxyl groups is 1. The normalized spacial score (nSPS) is 18.6. The Morgan fingerprint density at radius 2 is 1.86 bits per heavy atom. The average molecular weight is 538 g/mol. The van der Waals surface area contributed by atoms with Gasteiger partial charge in [-0.05, 0) is 69.7 Å². The number of carbonyl (C=O) groups excluding carboxylic acids is 2. The van der Waals surface area contributed by atoms with E-state index in [4.69, 9.17) is 11.6 Å². The van der Waals surface area contributed by atoms with Crippen molar-refractivity contribution in [2.75, 3.05) is 5.32 Å². The van der Waals surface area contributed by atoms with E-state index in [1.54, 1.807) is 6.20 Å². The van der Waals surface area contributed by atoms with Crippen LogP contribution >= 0.6 is 11.6 Å². The van der Waals surface area contributed by atoms with Crippen LogP contribution in [0.3, 0.4) is 0 Å². The molecule has 1 fully saturated rings. The van der Waals surface area contributed by atoms with Gasteiger partial charge in [-0.25, -0.2) is 4.98 Å². The Bertz CT molecular complexity index is 1310. The third-order valence-corrected chi connectivity index (χ3v) is 6.87. The lowest BCUT2D eigenvalue weighted by Crippen LogP contribution is -2.42. The number of pyridine rings is 1. The summed E-state index contributed by atoms with van der Waals surface area (Å²) in [5, 5.41) is 20.7. The fraction of sp³-hybridized carbons (Fsp3) is 0.440. The summed E-state index contributed by atoms with van der Waals surface area (Å²) >= 11 is 6.26. The van der Waals surface area contributed by atoms with E-state index in [0.29, 0.717) is 10.9 Å². The number of amides is 2. The molecule has 2 heterocycles. The average Bonchev–Trinajstić information content (AvgIpc) is 3.19. The lowest BCUT2D eigenvalue weighted by Gasteiger charge is -2.36. The fourth-order valence-electron chi connectivity index (χ4n) is 4.54. The summed E-state index contributed by atoms with van der Waals surface area (Å²) in [5.74, 6) is -0.839. The van der Waals surface area contributed by atoms with Gasteiger partial charge in [0.15, 0.2) is 0 Å². The Morgan fingerprint density at radius 3 is 2.51 bits per heavy atom. The van der Waals surface area contributed by atoms with Crippen LogP contribution in [0.15, 0.2) is 36.5 Å². The minimum Gasteiger partial charge on any atom is -0.390 e. The van der Waals surface area contributed by atoms with E-state index >= 15 is 0 Å². The van der Waals surface area contributed by atoms with Crippen LogP contribution in [-0.4, -0.2) is 43.3 Å². The van der Waals surface area contributed by atoms with Crippen molar-refractivity contribution in [2.45, 2.75) is 63.9 Å². The van der Waals surface area contributed by atoms with E-state index in [0.717, 1.165) is 37.8 Å². The maximum Gasteiger partial charge on any atom is 0.433 e. The summed E-state index contributed by atoms with van der Waals surface area (Å²) in [6, 6.07) is 6.12. The first-order chi connectivity index (χ1) is 17.3. The second-order valence-electron chi connectivity index (χ2n) is 9.85. The zero-order valence-electron chi connectivity index (χ0n) is 20.3. The van der Waals surface area contributed by atoms with Crippen LogP contribution < -0.4 is 10.6 Å². The number of anilines is 1. The van der Waals surface area contributed by atoms with E-state index in [2.05, 4.69) is 20.7 Å². The van der Waals surface area contributed by atoms with Crippen molar-refractivity contribution in [1.82, 2.24) is 20.1 Å². The highest BCUT2D eigenvalue weighted by atomic mass is 35.5. The van der Waals surface area contributed by atoms with Crippen LogP contribution in [0, 0.1) is 5.92 Å². The lowest BCUT2D eigenvalue weighted by atomic mass is 9.77. The second-order valence-corrected chi connectivity index (χ2v) is 10.3. The van der Waals surface area contributed by atoms with Crippen molar-refractivity contribution in [1.29, 1.82) is 0 Å². The number of rotatable bonds is 6. The molecule has 4 rings (SSSR count). The van der Waals surface area contributed by atoms with Crippen LogP contribution in [0.1, 0.15) is 55.7 Å². The van der Waals surface area contributed by atoms with Gasteiger partial charge in [0.1, 0.15) is 17.9 Å². The number of hydrogen-bond acceptors (Lipinski definition) is 5. The first kappa shape index (κ1) is 26.9. The third kappa shape index (κ3) is 6.58. The number of carbonyl (C=O) groups is 2. The Kier molecular flexibility index (Phi) is 7.48. The molecular formula is C25H27ClF3N5O3. The molecule has 0 atom stereocenters. The van der Waals surface area contributed by atoms with Crippen LogP contribution in [0.25, 0.3) is 10.9 Å². The maximum absolute atomic E-state index is 12.9. The molecule has 1 aliphatic carbocycles. The van der Waals surface area contributed by atoms with Gasteiger partial charge in [0, 0.05) is 17.6 Å². The second kappa shape index (κ2) is 10.3. The predicted octanol–water partition coefficient (Wildman–Crippen LogP) is 4.80. The van der Waals surface area contributed by atoms with Gasteiger partial charge in [-0.3, -0.25) is 14.3 Å². The van der Waals surface area contributed by atoms with E-state index in [9.17, 15) is 27.9 Å². The van der Waals surface area contributed by atoms with Crippen molar-refractivity contribution >= 4 is 40.0 Å². The molecule has 0 aliphatic heterocycles. The number of aromatic nitrogens is 3. The molecule has 8 nitrogen and oxygen atoms in total. The molecule has 37 heavy (non-hydrogen) atoms. The fourth-order valence-corrected chi connectivity index (χ4v) is 4.75. The number of nitrogens with zero attached hydrogens (tertiary/aromatic N) is 3. The van der Waals surface area contributed by atoms with Crippen molar-refractivity contribution in [3.8, 4) is 0 Å². The SMILES string of the molecule is CC(C)(O)C1CCC(NC(=O)Cn2cc3cc(NC(=O)c4cccc(C(F)(F)F)n4)c(Cl)cc3n2)CC1. The van der Waals surface area contributed by atoms with Crippen LogP contribution in [-0.2, 0) is 17.5 Å². The zero-order valence-corrected chi connectivity index (χ0v) is 21.0. The van der Waals surface area contributed by atoms with E-state index in [1.165, 1.54) is 22.9 Å². The quantitative estimate of drug-likeness (QED) is 0.418. The molecule has 3 N–H and O–H groups in total. The van der Waals surface area contributed by atoms with Crippen molar-refractivity contribution < 1.29 is 27.9 Å². The maximum atomic E-state index is 12.9. The number of benzene rings is 1. The van der Waals surface area contributed by atoms with Gasteiger partial charge in [-0.15, -0.1) is 0 Å². The monoisotopic (exact) mass is 537 g/mol. The lowest BCUT2D eigenvalue weighted by molar-refractivity contribution is -0.141. The smallest absolute Gasteiger partial charge is 0.390 e. The highest BCUT2D eigenvalue weighted by molar-refractivity contribution is 6.34. The van der Waals surface area contributed by atoms with Crippen molar-refractivity contribution in [3.63, 3.8) is 0 Å². The van der Waals surface area contributed by atoms with Crippen molar-refractivity contribution in [2.24, 2.45) is 5.92 Å². The predicted molar refractivity (Wildman–Crippen MR) is 132 cm³/mol. The van der Waals surface area contributed by atoms with Gasteiger partial charge in [0.05, 0.1) is 21.8 Å². The standard InChI is InChI=1S/C25H27ClF3N5O3/c1-24(2,37)15-6-8-16(9-7-15)30-22(35)13-34-12-14-10-20(17(26)11-19(14)33-34)32-23(36)18-4-3-5-21(31-18)25(27,28)29/h3-5,10-12,15-16,37H,6-9,13H2,1-2H3,(H,30,35)(H,32,36). The number of fused-ring (bicyclic) bond motifs is 1. The molecule has 0 saturated heterocycles.